The molecule has 27 heavy (non-hydrogen) atoms. The van der Waals surface area contributed by atoms with Gasteiger partial charge in [-0.25, -0.2) is 26.3 Å². The van der Waals surface area contributed by atoms with Crippen molar-refractivity contribution >= 4 is 23.7 Å². The summed E-state index contributed by atoms with van der Waals surface area (Å²) in [5, 5.41) is 0. The molecule has 0 aliphatic carbocycles. The summed E-state index contributed by atoms with van der Waals surface area (Å²) < 4.78 is 105. The fourth-order valence-electron chi connectivity index (χ4n) is 2.00. The molecule has 0 saturated heterocycles. The molecule has 0 N–H and O–H groups in total. The lowest BCUT2D eigenvalue weighted by Gasteiger charge is -2.20. The van der Waals surface area contributed by atoms with Gasteiger partial charge >= 0.3 is 5.51 Å². The molecule has 0 saturated carbocycles. The van der Waals surface area contributed by atoms with E-state index in [2.05, 4.69) is 0 Å². The fourth-order valence-corrected chi connectivity index (χ4v) is 3.48. The van der Waals surface area contributed by atoms with Crippen LogP contribution in [0.25, 0.3) is 0 Å². The van der Waals surface area contributed by atoms with Gasteiger partial charge in [0.2, 0.25) is 5.82 Å². The Labute approximate surface area is 157 Å². The number of halogens is 8. The van der Waals surface area contributed by atoms with E-state index in [0.29, 0.717) is 17.5 Å². The van der Waals surface area contributed by atoms with Crippen LogP contribution in [0.5, 0.6) is 0 Å². The number of alkyl halides is 3. The van der Waals surface area contributed by atoms with Gasteiger partial charge in [0.15, 0.2) is 23.3 Å². The number of hydrogen-bond acceptors (Lipinski definition) is 3. The topological polar surface area (TPSA) is 3.24 Å². The average molecular weight is 433 g/mol. The average Bonchev–Trinajstić information content (AvgIpc) is 2.61. The van der Waals surface area contributed by atoms with Gasteiger partial charge in [-0.2, -0.15) is 13.2 Å². The van der Waals surface area contributed by atoms with Crippen molar-refractivity contribution < 1.29 is 35.1 Å². The molecule has 0 aromatic heterocycles. The summed E-state index contributed by atoms with van der Waals surface area (Å²) in [6, 6.07) is 5.22. The molecule has 0 amide bonds. The Morgan fingerprint density at radius 3 is 1.74 bits per heavy atom. The predicted molar refractivity (Wildman–Crippen MR) is 86.5 cm³/mol. The molecule has 0 aliphatic rings. The van der Waals surface area contributed by atoms with E-state index in [1.54, 1.807) is 6.92 Å². The molecule has 0 bridgehead atoms. The van der Waals surface area contributed by atoms with E-state index in [-0.39, 0.29) is 29.7 Å². The molecule has 0 radical (unpaired) electrons. The zero-order valence-electron chi connectivity index (χ0n) is 13.5. The van der Waals surface area contributed by atoms with E-state index in [1.807, 2.05) is 0 Å². The van der Waals surface area contributed by atoms with Crippen LogP contribution in [0.1, 0.15) is 12.5 Å². The molecule has 148 valence electrons. The minimum atomic E-state index is -4.43. The van der Waals surface area contributed by atoms with Gasteiger partial charge in [0.05, 0.1) is 0 Å². The van der Waals surface area contributed by atoms with Crippen LogP contribution < -0.4 is 0 Å². The Kier molecular flexibility index (Phi) is 7.03. The highest BCUT2D eigenvalue weighted by molar-refractivity contribution is 8.00. The van der Waals surface area contributed by atoms with Crippen LogP contribution in [0.2, 0.25) is 0 Å². The Bertz CT molecular complexity index is 779. The lowest BCUT2D eigenvalue weighted by molar-refractivity contribution is -0.0328. The normalized spacial score (nSPS) is 12.1. The smallest absolute Gasteiger partial charge is 0.242 e. The third-order valence-corrected chi connectivity index (χ3v) is 5.18. The summed E-state index contributed by atoms with van der Waals surface area (Å²) in [6.07, 6.45) is 0. The number of rotatable bonds is 6. The van der Waals surface area contributed by atoms with Crippen LogP contribution >= 0.6 is 23.7 Å². The molecule has 2 rings (SSSR count). The minimum absolute atomic E-state index is 0.0115. The lowest BCUT2D eigenvalue weighted by atomic mass is 10.2. The summed E-state index contributed by atoms with van der Waals surface area (Å²) in [5.41, 5.74) is -3.93. The summed E-state index contributed by atoms with van der Waals surface area (Å²) in [7, 11) is 0. The van der Waals surface area contributed by atoms with Crippen molar-refractivity contribution in [1.29, 1.82) is 0 Å². The van der Waals surface area contributed by atoms with Crippen molar-refractivity contribution in [3.05, 3.63) is 58.9 Å². The molecule has 0 atom stereocenters. The van der Waals surface area contributed by atoms with E-state index in [1.165, 1.54) is 28.6 Å². The molecular formula is C16H11F8NS2. The molecule has 11 heteroatoms. The fraction of sp³-hybridized carbons (Fsp3) is 0.250. The van der Waals surface area contributed by atoms with Crippen molar-refractivity contribution in [3.63, 3.8) is 0 Å². The van der Waals surface area contributed by atoms with Crippen molar-refractivity contribution in [2.45, 2.75) is 28.8 Å². The Hall–Kier alpha value is -1.46. The molecule has 0 spiro atoms. The first-order chi connectivity index (χ1) is 12.5. The van der Waals surface area contributed by atoms with Gasteiger partial charge in [0, 0.05) is 18.0 Å². The summed E-state index contributed by atoms with van der Waals surface area (Å²) in [5.74, 6) is -10.2. The van der Waals surface area contributed by atoms with Gasteiger partial charge in [0.25, 0.3) is 0 Å². The maximum atomic E-state index is 13.8. The quantitative estimate of drug-likeness (QED) is 0.168. The highest BCUT2D eigenvalue weighted by Gasteiger charge is 2.29. The Balaban J connectivity index is 2.17. The van der Waals surface area contributed by atoms with Crippen LogP contribution in [0.15, 0.2) is 34.1 Å². The number of hydrogen-bond donors (Lipinski definition) is 0. The number of thioether (sulfide) groups is 1. The Morgan fingerprint density at radius 1 is 0.815 bits per heavy atom. The maximum absolute atomic E-state index is 13.8. The highest BCUT2D eigenvalue weighted by atomic mass is 32.2. The standard InChI is InChI=1S/C16H11F8NS2/c1-2-25(7-8-3-5-9(6-4-8)26-16(22,23)24)27-15-13(20)11(18)10(17)12(19)14(15)21/h3-6H,2,7H2,1H3. The molecule has 0 heterocycles. The van der Waals surface area contributed by atoms with E-state index >= 15 is 0 Å². The summed E-state index contributed by atoms with van der Waals surface area (Å²) in [6.45, 7) is 1.77. The summed E-state index contributed by atoms with van der Waals surface area (Å²) in [4.78, 5) is -1.08. The van der Waals surface area contributed by atoms with Gasteiger partial charge in [0.1, 0.15) is 4.90 Å². The summed E-state index contributed by atoms with van der Waals surface area (Å²) >= 11 is 0.0478. The minimum Gasteiger partial charge on any atom is -0.242 e. The van der Waals surface area contributed by atoms with Gasteiger partial charge in [-0.3, -0.25) is 0 Å². The largest absolute Gasteiger partial charge is 0.446 e. The van der Waals surface area contributed by atoms with Crippen molar-refractivity contribution in [2.75, 3.05) is 6.54 Å². The second-order valence-electron chi connectivity index (χ2n) is 5.14. The van der Waals surface area contributed by atoms with Crippen LogP contribution in [-0.4, -0.2) is 16.4 Å². The van der Waals surface area contributed by atoms with E-state index in [0.717, 1.165) is 0 Å². The van der Waals surface area contributed by atoms with Gasteiger partial charge in [-0.15, -0.1) is 0 Å². The van der Waals surface area contributed by atoms with Crippen LogP contribution in [-0.2, 0) is 6.54 Å². The zero-order chi connectivity index (χ0) is 20.4. The second kappa shape index (κ2) is 8.70. The first-order valence-corrected chi connectivity index (χ1v) is 8.91. The third-order valence-electron chi connectivity index (χ3n) is 3.26. The molecule has 0 aliphatic heterocycles. The van der Waals surface area contributed by atoms with E-state index < -0.39 is 39.5 Å². The molecule has 2 aromatic rings. The lowest BCUT2D eigenvalue weighted by Crippen LogP contribution is -2.16. The monoisotopic (exact) mass is 433 g/mol. The predicted octanol–water partition coefficient (Wildman–Crippen LogP) is 6.52. The SMILES string of the molecule is CCN(Cc1ccc(SC(F)(F)F)cc1)Sc1c(F)c(F)c(F)c(F)c1F. The Morgan fingerprint density at radius 2 is 1.30 bits per heavy atom. The number of benzene rings is 2. The van der Waals surface area contributed by atoms with Gasteiger partial charge < -0.3 is 0 Å². The zero-order valence-corrected chi connectivity index (χ0v) is 15.1. The van der Waals surface area contributed by atoms with Crippen LogP contribution in [0, 0.1) is 29.1 Å². The van der Waals surface area contributed by atoms with Crippen molar-refractivity contribution in [2.24, 2.45) is 0 Å². The van der Waals surface area contributed by atoms with Crippen LogP contribution in [0.4, 0.5) is 35.1 Å². The second-order valence-corrected chi connectivity index (χ2v) is 7.38. The van der Waals surface area contributed by atoms with Crippen molar-refractivity contribution in [1.82, 2.24) is 4.31 Å². The third kappa shape index (κ3) is 5.52. The number of nitrogens with zero attached hydrogens (tertiary/aromatic N) is 1. The maximum Gasteiger partial charge on any atom is 0.446 e. The molecule has 0 fully saturated rings. The van der Waals surface area contributed by atoms with E-state index in [4.69, 9.17) is 0 Å². The molecule has 1 nitrogen and oxygen atoms in total. The molecular weight excluding hydrogens is 422 g/mol. The van der Waals surface area contributed by atoms with Gasteiger partial charge in [-0.05, 0) is 41.4 Å². The highest BCUT2D eigenvalue weighted by Crippen LogP contribution is 2.37. The van der Waals surface area contributed by atoms with Crippen LogP contribution in [0.3, 0.4) is 0 Å². The van der Waals surface area contributed by atoms with Gasteiger partial charge in [-0.1, -0.05) is 19.1 Å². The van der Waals surface area contributed by atoms with E-state index in [9.17, 15) is 35.1 Å². The molecule has 2 aromatic carbocycles. The first kappa shape index (κ1) is 21.8. The van der Waals surface area contributed by atoms with Crippen molar-refractivity contribution in [3.8, 4) is 0 Å². The molecule has 0 unspecified atom stereocenters. The first-order valence-electron chi connectivity index (χ1n) is 7.32.